The summed E-state index contributed by atoms with van der Waals surface area (Å²) < 4.78 is 4.87. The van der Waals surface area contributed by atoms with E-state index in [0.717, 1.165) is 32.2 Å². The maximum absolute atomic E-state index is 12.0. The standard InChI is InChI=1S/C15H24N2O5/c1-10(12(18)22-13(19)11-6-5-9-16-11)17-15(14(20)21)7-3-2-4-8-15/h10-11,16-17H,2-9H2,1H3,(H,20,21)/t10-,11-/m0/s1. The molecule has 0 unspecified atom stereocenters. The molecule has 2 fully saturated rings. The summed E-state index contributed by atoms with van der Waals surface area (Å²) in [6, 6.07) is -1.26. The summed E-state index contributed by atoms with van der Waals surface area (Å²) in [5.74, 6) is -2.25. The number of nitrogens with one attached hydrogen (secondary N) is 2. The third kappa shape index (κ3) is 3.84. The van der Waals surface area contributed by atoms with Crippen molar-refractivity contribution in [3.05, 3.63) is 0 Å². The van der Waals surface area contributed by atoms with E-state index >= 15 is 0 Å². The van der Waals surface area contributed by atoms with E-state index in [2.05, 4.69) is 10.6 Å². The van der Waals surface area contributed by atoms with E-state index in [-0.39, 0.29) is 0 Å². The molecule has 2 aliphatic rings. The van der Waals surface area contributed by atoms with Crippen molar-refractivity contribution in [3.63, 3.8) is 0 Å². The van der Waals surface area contributed by atoms with Crippen molar-refractivity contribution in [1.29, 1.82) is 0 Å². The molecule has 124 valence electrons. The quantitative estimate of drug-likeness (QED) is 0.503. The third-order valence-corrected chi connectivity index (χ3v) is 4.51. The van der Waals surface area contributed by atoms with E-state index in [4.69, 9.17) is 4.74 Å². The highest BCUT2D eigenvalue weighted by molar-refractivity contribution is 5.91. The molecule has 0 amide bonds. The average molecular weight is 312 g/mol. The van der Waals surface area contributed by atoms with E-state index in [1.807, 2.05) is 0 Å². The molecule has 7 heteroatoms. The molecule has 0 spiro atoms. The van der Waals surface area contributed by atoms with Crippen molar-refractivity contribution in [2.24, 2.45) is 0 Å². The summed E-state index contributed by atoms with van der Waals surface area (Å²) in [7, 11) is 0. The molecule has 1 aliphatic heterocycles. The number of carbonyl (C=O) groups is 3. The SMILES string of the molecule is C[C@H](NC1(C(=O)O)CCCCC1)C(=O)OC(=O)[C@@H]1CCCN1. The molecular formula is C15H24N2O5. The molecule has 22 heavy (non-hydrogen) atoms. The van der Waals surface area contributed by atoms with E-state index in [1.165, 1.54) is 6.92 Å². The Morgan fingerprint density at radius 2 is 1.91 bits per heavy atom. The Hall–Kier alpha value is -1.47. The van der Waals surface area contributed by atoms with E-state index in [0.29, 0.717) is 19.3 Å². The van der Waals surface area contributed by atoms with Crippen molar-refractivity contribution in [3.8, 4) is 0 Å². The van der Waals surface area contributed by atoms with Crippen LogP contribution in [0.1, 0.15) is 51.9 Å². The number of carboxylic acids is 1. The molecule has 1 heterocycles. The Bertz CT molecular complexity index is 439. The molecule has 7 nitrogen and oxygen atoms in total. The van der Waals surface area contributed by atoms with Gasteiger partial charge in [0.15, 0.2) is 0 Å². The second-order valence-electron chi connectivity index (χ2n) is 6.20. The topological polar surface area (TPSA) is 105 Å². The lowest BCUT2D eigenvalue weighted by Gasteiger charge is -2.35. The van der Waals surface area contributed by atoms with Gasteiger partial charge in [-0.25, -0.2) is 9.59 Å². The zero-order valence-corrected chi connectivity index (χ0v) is 12.9. The summed E-state index contributed by atoms with van der Waals surface area (Å²) in [5.41, 5.74) is -1.09. The minimum absolute atomic E-state index is 0.431. The minimum atomic E-state index is -1.09. The molecule has 1 saturated carbocycles. The zero-order valence-electron chi connectivity index (χ0n) is 12.9. The molecule has 0 radical (unpaired) electrons. The Balaban J connectivity index is 1.91. The molecule has 1 saturated heterocycles. The van der Waals surface area contributed by atoms with Crippen LogP contribution in [-0.4, -0.2) is 47.2 Å². The first-order valence-electron chi connectivity index (χ1n) is 7.95. The smallest absolute Gasteiger partial charge is 0.330 e. The molecule has 0 aromatic carbocycles. The number of carboxylic acid groups (broad SMARTS) is 1. The second-order valence-corrected chi connectivity index (χ2v) is 6.20. The number of ether oxygens (including phenoxy) is 1. The normalized spacial score (nSPS) is 25.4. The van der Waals surface area contributed by atoms with Crippen LogP contribution >= 0.6 is 0 Å². The number of carbonyl (C=O) groups excluding carboxylic acids is 2. The molecule has 2 rings (SSSR count). The fourth-order valence-electron chi connectivity index (χ4n) is 3.19. The van der Waals surface area contributed by atoms with Gasteiger partial charge in [-0.1, -0.05) is 19.3 Å². The Morgan fingerprint density at radius 3 is 2.45 bits per heavy atom. The van der Waals surface area contributed by atoms with Gasteiger partial charge in [0.05, 0.1) is 0 Å². The van der Waals surface area contributed by atoms with Crippen molar-refractivity contribution in [2.75, 3.05) is 6.54 Å². The van der Waals surface area contributed by atoms with Crippen LogP contribution in [0, 0.1) is 0 Å². The van der Waals surface area contributed by atoms with E-state index in [1.54, 1.807) is 0 Å². The van der Waals surface area contributed by atoms with Gasteiger partial charge in [-0.2, -0.15) is 0 Å². The van der Waals surface area contributed by atoms with Gasteiger partial charge in [0.1, 0.15) is 17.6 Å². The van der Waals surface area contributed by atoms with Crippen LogP contribution in [0.3, 0.4) is 0 Å². The fourth-order valence-corrected chi connectivity index (χ4v) is 3.19. The van der Waals surface area contributed by atoms with Crippen molar-refractivity contribution in [2.45, 2.75) is 69.5 Å². The van der Waals surface area contributed by atoms with Crippen molar-refractivity contribution in [1.82, 2.24) is 10.6 Å². The van der Waals surface area contributed by atoms with Crippen LogP contribution < -0.4 is 10.6 Å². The van der Waals surface area contributed by atoms with Crippen LogP contribution in [0.2, 0.25) is 0 Å². The predicted octanol–water partition coefficient (Wildman–Crippen LogP) is 0.574. The van der Waals surface area contributed by atoms with Gasteiger partial charge in [0.2, 0.25) is 0 Å². The summed E-state index contributed by atoms with van der Waals surface area (Å²) in [4.78, 5) is 35.4. The lowest BCUT2D eigenvalue weighted by atomic mass is 9.81. The van der Waals surface area contributed by atoms with Crippen LogP contribution in [0.5, 0.6) is 0 Å². The number of hydrogen-bond donors (Lipinski definition) is 3. The van der Waals surface area contributed by atoms with Gasteiger partial charge >= 0.3 is 17.9 Å². The molecule has 2 atom stereocenters. The number of hydrogen-bond acceptors (Lipinski definition) is 6. The largest absolute Gasteiger partial charge is 0.480 e. The fraction of sp³-hybridized carbons (Fsp3) is 0.800. The highest BCUT2D eigenvalue weighted by Gasteiger charge is 2.42. The number of esters is 2. The molecular weight excluding hydrogens is 288 g/mol. The second kappa shape index (κ2) is 7.19. The van der Waals surface area contributed by atoms with E-state index < -0.39 is 35.5 Å². The lowest BCUT2D eigenvalue weighted by Crippen LogP contribution is -2.58. The van der Waals surface area contributed by atoms with Gasteiger partial charge in [0, 0.05) is 0 Å². The Morgan fingerprint density at radius 1 is 1.23 bits per heavy atom. The first-order chi connectivity index (χ1) is 10.4. The third-order valence-electron chi connectivity index (χ3n) is 4.51. The first kappa shape index (κ1) is 16.9. The predicted molar refractivity (Wildman–Crippen MR) is 78.2 cm³/mol. The summed E-state index contributed by atoms with van der Waals surface area (Å²) in [6.45, 7) is 2.28. The number of aliphatic carboxylic acids is 1. The molecule has 1 aliphatic carbocycles. The highest BCUT2D eigenvalue weighted by Crippen LogP contribution is 2.29. The summed E-state index contributed by atoms with van der Waals surface area (Å²) >= 11 is 0. The van der Waals surface area contributed by atoms with Gasteiger partial charge in [-0.15, -0.1) is 0 Å². The van der Waals surface area contributed by atoms with E-state index in [9.17, 15) is 19.5 Å². The van der Waals surface area contributed by atoms with Gasteiger partial charge in [-0.3, -0.25) is 10.1 Å². The lowest BCUT2D eigenvalue weighted by molar-refractivity contribution is -0.163. The monoisotopic (exact) mass is 312 g/mol. The maximum atomic E-state index is 12.0. The average Bonchev–Trinajstić information content (AvgIpc) is 3.02. The van der Waals surface area contributed by atoms with Crippen LogP contribution in [0.25, 0.3) is 0 Å². The molecule has 0 aromatic rings. The Kier molecular flexibility index (Phi) is 5.52. The van der Waals surface area contributed by atoms with Crippen LogP contribution in [0.15, 0.2) is 0 Å². The van der Waals surface area contributed by atoms with Crippen molar-refractivity contribution >= 4 is 17.9 Å². The number of rotatable bonds is 5. The van der Waals surface area contributed by atoms with Crippen LogP contribution in [0.4, 0.5) is 0 Å². The minimum Gasteiger partial charge on any atom is -0.480 e. The van der Waals surface area contributed by atoms with Crippen LogP contribution in [-0.2, 0) is 19.1 Å². The molecule has 3 N–H and O–H groups in total. The molecule has 0 aromatic heterocycles. The summed E-state index contributed by atoms with van der Waals surface area (Å²) in [5, 5.41) is 15.3. The first-order valence-corrected chi connectivity index (χ1v) is 7.95. The van der Waals surface area contributed by atoms with Crippen molar-refractivity contribution < 1.29 is 24.2 Å². The highest BCUT2D eigenvalue weighted by atomic mass is 16.6. The van der Waals surface area contributed by atoms with Gasteiger partial charge < -0.3 is 15.2 Å². The maximum Gasteiger partial charge on any atom is 0.330 e. The Labute approximate surface area is 129 Å². The summed E-state index contributed by atoms with van der Waals surface area (Å²) in [6.07, 6.45) is 5.13. The molecule has 0 bridgehead atoms. The zero-order chi connectivity index (χ0) is 16.2. The van der Waals surface area contributed by atoms with Gasteiger partial charge in [0.25, 0.3) is 0 Å². The van der Waals surface area contributed by atoms with Gasteiger partial charge in [-0.05, 0) is 39.2 Å².